The molecule has 0 fully saturated rings. The van der Waals surface area contributed by atoms with Crippen LogP contribution < -0.4 is 14.4 Å². The molecule has 3 aromatic carbocycles. The fraction of sp³-hybridized carbons (Fsp3) is 0.174. The lowest BCUT2D eigenvalue weighted by atomic mass is 10.2. The number of nitrogens with one attached hydrogen (secondary N) is 1. The molecule has 8 heteroatoms. The monoisotopic (exact) mass is 500 g/mol. The van der Waals surface area contributed by atoms with Crippen LogP contribution in [0.5, 0.6) is 5.75 Å². The van der Waals surface area contributed by atoms with Crippen molar-refractivity contribution >= 4 is 43.2 Å². The molecule has 1 aliphatic rings. The largest absolute Gasteiger partial charge is 0.476 e. The zero-order chi connectivity index (χ0) is 22.0. The zero-order valence-electron chi connectivity index (χ0n) is 16.8. The molecular formula is C23H21BrN2O4S. The molecule has 1 aliphatic heterocycles. The third kappa shape index (κ3) is 4.75. The number of sulfonamides is 1. The Kier molecular flexibility index (Phi) is 6.02. The van der Waals surface area contributed by atoms with Gasteiger partial charge in [-0.05, 0) is 48.4 Å². The maximum absolute atomic E-state index is 13.3. The van der Waals surface area contributed by atoms with Gasteiger partial charge in [-0.2, -0.15) is 0 Å². The standard InChI is InChI=1S/C23H21BrN2O4S/c1-16-13-18(11-12-19(16)24)25-23(27)22-14-26(20-9-5-6-10-21(20)30-22)31(28,29)15-17-7-3-2-4-8-17/h2-13,22H,14-15H2,1H3,(H,25,27). The maximum Gasteiger partial charge on any atom is 0.267 e. The van der Waals surface area contributed by atoms with Gasteiger partial charge in [0.1, 0.15) is 5.75 Å². The molecule has 1 amide bonds. The van der Waals surface area contributed by atoms with Crippen molar-refractivity contribution in [1.29, 1.82) is 0 Å². The summed E-state index contributed by atoms with van der Waals surface area (Å²) >= 11 is 3.44. The molecule has 0 saturated carbocycles. The Labute approximate surface area is 190 Å². The van der Waals surface area contributed by atoms with E-state index in [4.69, 9.17) is 4.74 Å². The van der Waals surface area contributed by atoms with Gasteiger partial charge in [0.15, 0.2) is 6.10 Å². The van der Waals surface area contributed by atoms with Crippen molar-refractivity contribution in [1.82, 2.24) is 0 Å². The molecule has 3 aromatic rings. The van der Waals surface area contributed by atoms with Crippen LogP contribution >= 0.6 is 15.9 Å². The first-order valence-electron chi connectivity index (χ1n) is 9.70. The highest BCUT2D eigenvalue weighted by Gasteiger charge is 2.36. The molecule has 1 N–H and O–H groups in total. The SMILES string of the molecule is Cc1cc(NC(=O)C2CN(S(=O)(=O)Cc3ccccc3)c3ccccc3O2)ccc1Br. The molecule has 1 unspecified atom stereocenters. The van der Waals surface area contributed by atoms with Crippen LogP contribution in [-0.4, -0.2) is 27.0 Å². The molecule has 0 aliphatic carbocycles. The Morgan fingerprint density at radius 2 is 1.81 bits per heavy atom. The molecule has 0 saturated heterocycles. The number of halogens is 1. The zero-order valence-corrected chi connectivity index (χ0v) is 19.2. The number of carbonyl (C=O) groups excluding carboxylic acids is 1. The van der Waals surface area contributed by atoms with Crippen LogP contribution in [0.3, 0.4) is 0 Å². The van der Waals surface area contributed by atoms with Gasteiger partial charge < -0.3 is 10.1 Å². The summed E-state index contributed by atoms with van der Waals surface area (Å²) < 4.78 is 34.6. The van der Waals surface area contributed by atoms with Crippen molar-refractivity contribution in [2.24, 2.45) is 0 Å². The smallest absolute Gasteiger partial charge is 0.267 e. The van der Waals surface area contributed by atoms with Crippen molar-refractivity contribution in [3.05, 3.63) is 88.4 Å². The van der Waals surface area contributed by atoms with Crippen molar-refractivity contribution < 1.29 is 17.9 Å². The van der Waals surface area contributed by atoms with Crippen LogP contribution in [0, 0.1) is 6.92 Å². The normalized spacial score (nSPS) is 15.7. The Bertz CT molecular complexity index is 1220. The van der Waals surface area contributed by atoms with Gasteiger partial charge in [0, 0.05) is 10.2 Å². The Hall–Kier alpha value is -2.84. The van der Waals surface area contributed by atoms with Gasteiger partial charge in [0.2, 0.25) is 10.0 Å². The number of nitrogens with zero attached hydrogens (tertiary/aromatic N) is 1. The lowest BCUT2D eigenvalue weighted by Crippen LogP contribution is -2.49. The van der Waals surface area contributed by atoms with Crippen LogP contribution in [0.25, 0.3) is 0 Å². The number of ether oxygens (including phenoxy) is 1. The molecule has 0 bridgehead atoms. The quantitative estimate of drug-likeness (QED) is 0.559. The van der Waals surface area contributed by atoms with E-state index >= 15 is 0 Å². The number of rotatable bonds is 5. The highest BCUT2D eigenvalue weighted by molar-refractivity contribution is 9.10. The van der Waals surface area contributed by atoms with E-state index in [0.29, 0.717) is 22.7 Å². The van der Waals surface area contributed by atoms with Crippen LogP contribution in [0.15, 0.2) is 77.3 Å². The van der Waals surface area contributed by atoms with Crippen LogP contribution in [0.4, 0.5) is 11.4 Å². The highest BCUT2D eigenvalue weighted by atomic mass is 79.9. The number of hydrogen-bond acceptors (Lipinski definition) is 4. The average molecular weight is 501 g/mol. The molecule has 0 spiro atoms. The van der Waals surface area contributed by atoms with Gasteiger partial charge in [-0.15, -0.1) is 0 Å². The maximum atomic E-state index is 13.3. The number of amides is 1. The van der Waals surface area contributed by atoms with Gasteiger partial charge in [0.25, 0.3) is 5.91 Å². The summed E-state index contributed by atoms with van der Waals surface area (Å²) in [5.41, 5.74) is 2.70. The van der Waals surface area contributed by atoms with Crippen molar-refractivity contribution in [2.75, 3.05) is 16.2 Å². The van der Waals surface area contributed by atoms with E-state index in [1.807, 2.05) is 25.1 Å². The van der Waals surface area contributed by atoms with E-state index < -0.39 is 22.0 Å². The molecule has 6 nitrogen and oxygen atoms in total. The van der Waals surface area contributed by atoms with Crippen molar-refractivity contribution in [2.45, 2.75) is 18.8 Å². The minimum atomic E-state index is -3.73. The van der Waals surface area contributed by atoms with Gasteiger partial charge in [-0.3, -0.25) is 9.10 Å². The minimum Gasteiger partial charge on any atom is -0.476 e. The Morgan fingerprint density at radius 1 is 1.10 bits per heavy atom. The second-order valence-corrected chi connectivity index (χ2v) is 10.0. The number of aryl methyl sites for hydroxylation is 1. The van der Waals surface area contributed by atoms with E-state index in [1.54, 1.807) is 54.6 Å². The van der Waals surface area contributed by atoms with Crippen LogP contribution in [0.2, 0.25) is 0 Å². The summed E-state index contributed by atoms with van der Waals surface area (Å²) in [7, 11) is -3.73. The highest BCUT2D eigenvalue weighted by Crippen LogP contribution is 2.36. The topological polar surface area (TPSA) is 75.7 Å². The molecule has 1 heterocycles. The molecule has 0 radical (unpaired) electrons. The van der Waals surface area contributed by atoms with E-state index in [2.05, 4.69) is 21.2 Å². The number of benzene rings is 3. The predicted octanol–water partition coefficient (Wildman–Crippen LogP) is 4.49. The van der Waals surface area contributed by atoms with Crippen LogP contribution in [-0.2, 0) is 20.6 Å². The van der Waals surface area contributed by atoms with E-state index in [0.717, 1.165) is 10.0 Å². The third-order valence-corrected chi connectivity index (χ3v) is 7.59. The molecule has 160 valence electrons. The molecule has 31 heavy (non-hydrogen) atoms. The second-order valence-electron chi connectivity index (χ2n) is 7.30. The van der Waals surface area contributed by atoms with E-state index in [1.165, 1.54) is 4.31 Å². The van der Waals surface area contributed by atoms with Crippen LogP contribution in [0.1, 0.15) is 11.1 Å². The second kappa shape index (κ2) is 8.72. The van der Waals surface area contributed by atoms with Crippen molar-refractivity contribution in [3.8, 4) is 5.75 Å². The summed E-state index contributed by atoms with van der Waals surface area (Å²) in [5, 5.41) is 2.83. The van der Waals surface area contributed by atoms with Gasteiger partial charge >= 0.3 is 0 Å². The average Bonchev–Trinajstić information content (AvgIpc) is 2.76. The van der Waals surface area contributed by atoms with Gasteiger partial charge in [0.05, 0.1) is 18.0 Å². The third-order valence-electron chi connectivity index (χ3n) is 4.98. The molecule has 0 aromatic heterocycles. The first kappa shape index (κ1) is 21.4. The Morgan fingerprint density at radius 3 is 2.55 bits per heavy atom. The molecular weight excluding hydrogens is 480 g/mol. The lowest BCUT2D eigenvalue weighted by Gasteiger charge is -2.34. The lowest BCUT2D eigenvalue weighted by molar-refractivity contribution is -0.122. The first-order valence-corrected chi connectivity index (χ1v) is 12.1. The molecule has 4 rings (SSSR count). The number of fused-ring (bicyclic) bond motifs is 1. The fourth-order valence-electron chi connectivity index (χ4n) is 3.41. The van der Waals surface area contributed by atoms with E-state index in [9.17, 15) is 13.2 Å². The molecule has 1 atom stereocenters. The number of hydrogen-bond donors (Lipinski definition) is 1. The number of anilines is 2. The summed E-state index contributed by atoms with van der Waals surface area (Å²) in [6.45, 7) is 1.82. The summed E-state index contributed by atoms with van der Waals surface area (Å²) in [5.74, 6) is -0.212. The summed E-state index contributed by atoms with van der Waals surface area (Å²) in [4.78, 5) is 12.9. The minimum absolute atomic E-state index is 0.104. The number of carbonyl (C=O) groups is 1. The van der Waals surface area contributed by atoms with Gasteiger partial charge in [-0.1, -0.05) is 58.4 Å². The van der Waals surface area contributed by atoms with Crippen molar-refractivity contribution in [3.63, 3.8) is 0 Å². The summed E-state index contributed by atoms with van der Waals surface area (Å²) in [6, 6.07) is 21.3. The Balaban J connectivity index is 1.60. The number of para-hydroxylation sites is 2. The van der Waals surface area contributed by atoms with Gasteiger partial charge in [-0.25, -0.2) is 8.42 Å². The summed E-state index contributed by atoms with van der Waals surface area (Å²) in [6.07, 6.45) is -0.982. The van der Waals surface area contributed by atoms with E-state index in [-0.39, 0.29) is 12.3 Å². The first-order chi connectivity index (χ1) is 14.8. The predicted molar refractivity (Wildman–Crippen MR) is 125 cm³/mol. The fourth-order valence-corrected chi connectivity index (χ4v) is 5.24.